The van der Waals surface area contributed by atoms with Gasteiger partial charge in [-0.2, -0.15) is 0 Å². The lowest BCUT2D eigenvalue weighted by atomic mass is 10.3. The molecule has 0 aromatic carbocycles. The number of hydrogen-bond donors (Lipinski definition) is 2. The number of carbonyl (C=O) groups is 2. The van der Waals surface area contributed by atoms with Gasteiger partial charge in [-0.05, 0) is 0 Å². The summed E-state index contributed by atoms with van der Waals surface area (Å²) in [6.07, 6.45) is -0.593. The molecule has 0 aliphatic carbocycles. The molecule has 0 aliphatic heterocycles. The van der Waals surface area contributed by atoms with E-state index in [4.69, 9.17) is 10.2 Å². The predicted octanol–water partition coefficient (Wildman–Crippen LogP) is -1.25. The van der Waals surface area contributed by atoms with Gasteiger partial charge in [-0.1, -0.05) is 0 Å². The first-order chi connectivity index (χ1) is 3.63. The van der Waals surface area contributed by atoms with Crippen LogP contribution in [0.5, 0.6) is 0 Å². The van der Waals surface area contributed by atoms with E-state index >= 15 is 0 Å². The van der Waals surface area contributed by atoms with Crippen LogP contribution in [-0.4, -0.2) is 30.6 Å². The zero-order valence-electron chi connectivity index (χ0n) is 4.13. The Hall–Kier alpha value is -0.995. The summed E-state index contributed by atoms with van der Waals surface area (Å²) >= 11 is 0. The molecule has 0 radical (unpaired) electrons. The SMILES string of the molecule is B.O=C(O)CCC(=O)O. The summed E-state index contributed by atoms with van der Waals surface area (Å²) in [6, 6.07) is 0. The summed E-state index contributed by atoms with van der Waals surface area (Å²) < 4.78 is 0. The summed E-state index contributed by atoms with van der Waals surface area (Å²) in [5.41, 5.74) is 0. The third kappa shape index (κ3) is 10.9. The van der Waals surface area contributed by atoms with Crippen LogP contribution >= 0.6 is 0 Å². The first kappa shape index (κ1) is 10.9. The Morgan fingerprint density at radius 3 is 1.33 bits per heavy atom. The van der Waals surface area contributed by atoms with Crippen LogP contribution < -0.4 is 0 Å². The van der Waals surface area contributed by atoms with Crippen LogP contribution in [0.2, 0.25) is 0 Å². The van der Waals surface area contributed by atoms with Crippen molar-refractivity contribution in [2.75, 3.05) is 0 Å². The molecule has 0 aromatic heterocycles. The average molecular weight is 132 g/mol. The van der Waals surface area contributed by atoms with Crippen molar-refractivity contribution in [3.8, 4) is 0 Å². The van der Waals surface area contributed by atoms with E-state index in [1.54, 1.807) is 0 Å². The Labute approximate surface area is 54.1 Å². The standard InChI is InChI=1S/C4H6O4.BH3/c5-3(6)1-2-4(7)8;/h1-2H2,(H,5,6)(H,7,8);1H3. The van der Waals surface area contributed by atoms with Crippen LogP contribution in [-0.2, 0) is 9.59 Å². The monoisotopic (exact) mass is 132 g/mol. The predicted molar refractivity (Wildman–Crippen MR) is 34.4 cm³/mol. The zero-order chi connectivity index (χ0) is 6.57. The van der Waals surface area contributed by atoms with Gasteiger partial charge in [-0.15, -0.1) is 0 Å². The second kappa shape index (κ2) is 5.15. The lowest BCUT2D eigenvalue weighted by molar-refractivity contribution is -0.143. The van der Waals surface area contributed by atoms with Gasteiger partial charge in [-0.3, -0.25) is 9.59 Å². The lowest BCUT2D eigenvalue weighted by Gasteiger charge is -1.85. The molecular formula is C4H9BO4. The van der Waals surface area contributed by atoms with Crippen molar-refractivity contribution in [1.29, 1.82) is 0 Å². The van der Waals surface area contributed by atoms with Crippen molar-refractivity contribution >= 4 is 20.4 Å². The normalized spacial score (nSPS) is 7.56. The maximum Gasteiger partial charge on any atom is 0.303 e. The molecule has 0 aliphatic rings. The first-order valence-electron chi connectivity index (χ1n) is 2.06. The molecule has 4 nitrogen and oxygen atoms in total. The largest absolute Gasteiger partial charge is 0.481 e. The fraction of sp³-hybridized carbons (Fsp3) is 0.500. The minimum atomic E-state index is -1.08. The summed E-state index contributed by atoms with van der Waals surface area (Å²) in [7, 11) is 0. The molecule has 5 heteroatoms. The van der Waals surface area contributed by atoms with E-state index in [-0.39, 0.29) is 21.3 Å². The van der Waals surface area contributed by atoms with Crippen LogP contribution in [0.15, 0.2) is 0 Å². The van der Waals surface area contributed by atoms with E-state index in [0.717, 1.165) is 0 Å². The Morgan fingerprint density at radius 1 is 1.00 bits per heavy atom. The van der Waals surface area contributed by atoms with Crippen LogP contribution in [0, 0.1) is 0 Å². The molecule has 2 N–H and O–H groups in total. The molecule has 0 heterocycles. The fourth-order valence-corrected chi connectivity index (χ4v) is 0.214. The first-order valence-corrected chi connectivity index (χ1v) is 2.06. The van der Waals surface area contributed by atoms with E-state index in [1.165, 1.54) is 0 Å². The molecule has 0 aromatic rings. The van der Waals surface area contributed by atoms with Gasteiger partial charge in [0, 0.05) is 0 Å². The molecule has 52 valence electrons. The highest BCUT2D eigenvalue weighted by Crippen LogP contribution is 1.85. The molecule has 0 spiro atoms. The second-order valence-corrected chi connectivity index (χ2v) is 1.29. The Kier molecular flexibility index (Phi) is 6.23. The van der Waals surface area contributed by atoms with E-state index in [2.05, 4.69) is 0 Å². The van der Waals surface area contributed by atoms with Gasteiger partial charge in [0.25, 0.3) is 0 Å². The van der Waals surface area contributed by atoms with Gasteiger partial charge >= 0.3 is 11.9 Å². The minimum Gasteiger partial charge on any atom is -0.481 e. The Balaban J connectivity index is 0. The zero-order valence-corrected chi connectivity index (χ0v) is 4.13. The van der Waals surface area contributed by atoms with Gasteiger partial charge < -0.3 is 10.2 Å². The van der Waals surface area contributed by atoms with Crippen molar-refractivity contribution < 1.29 is 19.8 Å². The van der Waals surface area contributed by atoms with Gasteiger partial charge in [0.05, 0.1) is 21.3 Å². The number of carboxylic acids is 2. The fourth-order valence-electron chi connectivity index (χ4n) is 0.214. The molecule has 9 heavy (non-hydrogen) atoms. The molecule has 0 amide bonds. The topological polar surface area (TPSA) is 74.6 Å². The highest BCUT2D eigenvalue weighted by Gasteiger charge is 2.00. The number of aliphatic carboxylic acids is 2. The smallest absolute Gasteiger partial charge is 0.303 e. The number of carboxylic acid groups (broad SMARTS) is 2. The highest BCUT2D eigenvalue weighted by atomic mass is 16.4. The number of rotatable bonds is 3. The third-order valence-corrected chi connectivity index (χ3v) is 0.553. The molecule has 0 unspecified atom stereocenters. The van der Waals surface area contributed by atoms with Crippen LogP contribution in [0.25, 0.3) is 0 Å². The maximum absolute atomic E-state index is 9.64. The minimum absolute atomic E-state index is 0. The van der Waals surface area contributed by atoms with E-state index in [9.17, 15) is 9.59 Å². The summed E-state index contributed by atoms with van der Waals surface area (Å²) in [5, 5.41) is 15.8. The average Bonchev–Trinajstić information content (AvgIpc) is 1.61. The van der Waals surface area contributed by atoms with Crippen molar-refractivity contribution in [3.05, 3.63) is 0 Å². The van der Waals surface area contributed by atoms with Gasteiger partial charge in [0.2, 0.25) is 0 Å². The molecule has 0 rings (SSSR count). The molecule has 0 bridgehead atoms. The third-order valence-electron chi connectivity index (χ3n) is 0.553. The van der Waals surface area contributed by atoms with Crippen LogP contribution in [0.3, 0.4) is 0 Å². The molecule has 0 saturated carbocycles. The molecule has 0 fully saturated rings. The molecule has 0 atom stereocenters. The quantitative estimate of drug-likeness (QED) is 0.470. The summed E-state index contributed by atoms with van der Waals surface area (Å²) in [4.78, 5) is 19.3. The van der Waals surface area contributed by atoms with E-state index in [0.29, 0.717) is 0 Å². The van der Waals surface area contributed by atoms with Gasteiger partial charge in [-0.25, -0.2) is 0 Å². The molecule has 0 saturated heterocycles. The van der Waals surface area contributed by atoms with Crippen LogP contribution in [0.4, 0.5) is 0 Å². The Morgan fingerprint density at radius 2 is 1.22 bits per heavy atom. The van der Waals surface area contributed by atoms with Gasteiger partial charge in [0.15, 0.2) is 0 Å². The van der Waals surface area contributed by atoms with E-state index in [1.807, 2.05) is 0 Å². The van der Waals surface area contributed by atoms with Crippen molar-refractivity contribution in [2.45, 2.75) is 12.8 Å². The molecular weight excluding hydrogens is 123 g/mol. The lowest BCUT2D eigenvalue weighted by Crippen LogP contribution is -2.00. The van der Waals surface area contributed by atoms with Gasteiger partial charge in [0.1, 0.15) is 0 Å². The van der Waals surface area contributed by atoms with Crippen molar-refractivity contribution in [3.63, 3.8) is 0 Å². The maximum atomic E-state index is 9.64. The van der Waals surface area contributed by atoms with Crippen LogP contribution in [0.1, 0.15) is 12.8 Å². The second-order valence-electron chi connectivity index (χ2n) is 1.29. The Bertz CT molecular complexity index is 97.1. The number of hydrogen-bond acceptors (Lipinski definition) is 2. The van der Waals surface area contributed by atoms with Crippen molar-refractivity contribution in [2.24, 2.45) is 0 Å². The highest BCUT2D eigenvalue weighted by molar-refractivity contribution is 5.75. The summed E-state index contributed by atoms with van der Waals surface area (Å²) in [6.45, 7) is 0. The summed E-state index contributed by atoms with van der Waals surface area (Å²) in [5.74, 6) is -2.15. The van der Waals surface area contributed by atoms with E-state index < -0.39 is 11.9 Å². The van der Waals surface area contributed by atoms with Crippen molar-refractivity contribution in [1.82, 2.24) is 0 Å².